The van der Waals surface area contributed by atoms with E-state index < -0.39 is 13.4 Å². The maximum atomic E-state index is 8.41. The van der Waals surface area contributed by atoms with Crippen LogP contribution in [0.2, 0.25) is 0 Å². The van der Waals surface area contributed by atoms with Gasteiger partial charge in [0.25, 0.3) is 0 Å². The maximum absolute atomic E-state index is 8.41. The lowest BCUT2D eigenvalue weighted by atomic mass is 10.2. The van der Waals surface area contributed by atoms with Crippen LogP contribution in [0.25, 0.3) is 0 Å². The number of amidine groups is 1. The Hall–Kier alpha value is -2.11. The summed E-state index contributed by atoms with van der Waals surface area (Å²) >= 11 is 1.07. The van der Waals surface area contributed by atoms with E-state index in [2.05, 4.69) is 16.8 Å². The van der Waals surface area contributed by atoms with E-state index in [9.17, 15) is 0 Å². The number of likely N-dealkylation sites (N-methyl/N-ethyl adjacent to an activating group) is 1. The smallest absolute Gasteiger partial charge is 0.139 e. The van der Waals surface area contributed by atoms with Crippen molar-refractivity contribution in [3.8, 4) is 0 Å². The number of hydrogen-bond acceptors (Lipinski definition) is 5. The zero-order valence-electron chi connectivity index (χ0n) is 19.4. The van der Waals surface area contributed by atoms with Gasteiger partial charge in [0.2, 0.25) is 0 Å². The summed E-state index contributed by atoms with van der Waals surface area (Å²) in [4.78, 5) is 10.9. The second-order valence-corrected chi connectivity index (χ2v) is 7.02. The molecule has 4 nitrogen and oxygen atoms in total. The summed E-state index contributed by atoms with van der Waals surface area (Å²) in [6, 6.07) is 8.90. The van der Waals surface area contributed by atoms with Crippen LogP contribution >= 0.6 is 11.3 Å². The normalized spacial score (nSPS) is 21.8. The van der Waals surface area contributed by atoms with Crippen molar-refractivity contribution in [2.24, 2.45) is 4.99 Å². The van der Waals surface area contributed by atoms with Gasteiger partial charge in [0.1, 0.15) is 10.8 Å². The number of hydrogen-bond donors (Lipinski definition) is 0. The van der Waals surface area contributed by atoms with E-state index in [0.29, 0.717) is 27.8 Å². The summed E-state index contributed by atoms with van der Waals surface area (Å²) in [6.07, 6.45) is -0.322. The first kappa shape index (κ1) is 10.0. The number of para-hydroxylation sites is 2. The molecule has 0 N–H and O–H groups in total. The van der Waals surface area contributed by atoms with Crippen molar-refractivity contribution in [2.45, 2.75) is 6.85 Å². The Morgan fingerprint density at radius 2 is 2.17 bits per heavy atom. The molecule has 1 saturated heterocycles. The zero-order chi connectivity index (χ0) is 21.6. The van der Waals surface area contributed by atoms with E-state index in [4.69, 9.17) is 13.2 Å². The molecule has 0 unspecified atom stereocenters. The summed E-state index contributed by atoms with van der Waals surface area (Å²) in [7, 11) is 2.06. The highest BCUT2D eigenvalue weighted by Gasteiger charge is 2.28. The second-order valence-electron chi connectivity index (χ2n) is 5.99. The topological polar surface area (TPSA) is 22.1 Å². The second kappa shape index (κ2) is 6.07. The molecule has 0 saturated carbocycles. The summed E-state index contributed by atoms with van der Waals surface area (Å²) in [5, 5.41) is 0.505. The minimum atomic E-state index is -2.30. The van der Waals surface area contributed by atoms with Gasteiger partial charge in [0.15, 0.2) is 0 Å². The molecule has 0 amide bonds. The highest BCUT2D eigenvalue weighted by Crippen LogP contribution is 2.44. The van der Waals surface area contributed by atoms with Gasteiger partial charge in [0.05, 0.1) is 21.1 Å². The van der Waals surface area contributed by atoms with Crippen LogP contribution in [0.5, 0.6) is 0 Å². The number of fused-ring (bicyclic) bond motifs is 2. The number of aliphatic imine (C=N–C) groups is 1. The third-order valence-electron chi connectivity index (χ3n) is 4.42. The monoisotopic (exact) mass is 344 g/mol. The molecular formula is C19H22N4S. The van der Waals surface area contributed by atoms with Gasteiger partial charge in [-0.2, -0.15) is 0 Å². The highest BCUT2D eigenvalue weighted by atomic mass is 32.1. The molecule has 2 aliphatic rings. The molecular weight excluding hydrogens is 316 g/mol. The van der Waals surface area contributed by atoms with Crippen LogP contribution in [0.1, 0.15) is 18.7 Å². The molecule has 1 aromatic carbocycles. The molecule has 0 spiro atoms. The molecule has 24 heavy (non-hydrogen) atoms. The minimum Gasteiger partial charge on any atom is -0.353 e. The average Bonchev–Trinajstić information content (AvgIpc) is 3.08. The Bertz CT molecular complexity index is 1020. The van der Waals surface area contributed by atoms with Crippen molar-refractivity contribution in [3.63, 3.8) is 0 Å². The number of piperazine rings is 1. The summed E-state index contributed by atoms with van der Waals surface area (Å²) in [6.45, 7) is 0.282. The van der Waals surface area contributed by atoms with Crippen molar-refractivity contribution >= 4 is 33.5 Å². The molecule has 2 aromatic rings. The number of anilines is 2. The Labute approximate surface area is 155 Å². The number of rotatable bonds is 1. The first-order chi connectivity index (χ1) is 14.2. The highest BCUT2D eigenvalue weighted by molar-refractivity contribution is 7.16. The Kier molecular flexibility index (Phi) is 2.53. The van der Waals surface area contributed by atoms with Crippen molar-refractivity contribution in [1.82, 2.24) is 9.80 Å². The van der Waals surface area contributed by atoms with Crippen molar-refractivity contribution in [3.05, 3.63) is 53.5 Å². The van der Waals surface area contributed by atoms with Gasteiger partial charge in [-0.05, 0) is 32.1 Å². The third-order valence-corrected chi connectivity index (χ3v) is 5.35. The fourth-order valence-corrected chi connectivity index (χ4v) is 3.99. The van der Waals surface area contributed by atoms with Gasteiger partial charge >= 0.3 is 0 Å². The summed E-state index contributed by atoms with van der Waals surface area (Å²) in [5.41, 5.74) is 1.80. The Morgan fingerprint density at radius 1 is 1.33 bits per heavy atom. The first-order valence-corrected chi connectivity index (χ1v) is 8.68. The van der Waals surface area contributed by atoms with Gasteiger partial charge < -0.3 is 14.7 Å². The van der Waals surface area contributed by atoms with Crippen molar-refractivity contribution in [1.29, 1.82) is 0 Å². The molecule has 1 aromatic heterocycles. The quantitative estimate of drug-likeness (QED) is 0.781. The number of aryl methyl sites for hydroxylation is 1. The Balaban J connectivity index is 1.97. The lowest BCUT2D eigenvalue weighted by Gasteiger charge is -2.34. The van der Waals surface area contributed by atoms with E-state index in [1.807, 2.05) is 12.1 Å². The molecule has 1 fully saturated rings. The number of thiophene rings is 1. The fourth-order valence-electron chi connectivity index (χ4n) is 3.11. The molecule has 124 valence electrons. The summed E-state index contributed by atoms with van der Waals surface area (Å²) in [5.74, 6) is 0.670. The minimum absolute atomic E-state index is 0.197. The van der Waals surface area contributed by atoms with E-state index in [1.54, 1.807) is 18.2 Å². The molecule has 0 bridgehead atoms. The van der Waals surface area contributed by atoms with E-state index in [1.165, 1.54) is 4.90 Å². The molecule has 3 heterocycles. The standard InChI is InChI=1S/C19H22N4S/c1-4-23-17-8-6-5-7-16(17)20-18(15-13-14(2)24-19(15)23)22-11-9-21(3)10-12-22/h4-8,13H,1,9-12H2,2-3H3/i1D2,2D3,4D. The van der Waals surface area contributed by atoms with Crippen LogP contribution < -0.4 is 4.90 Å². The molecule has 0 aliphatic carbocycles. The predicted molar refractivity (Wildman–Crippen MR) is 103 cm³/mol. The molecule has 5 heteroatoms. The molecule has 0 radical (unpaired) electrons. The van der Waals surface area contributed by atoms with Crippen LogP contribution in [-0.2, 0) is 0 Å². The van der Waals surface area contributed by atoms with Gasteiger partial charge in [-0.1, -0.05) is 18.7 Å². The average molecular weight is 345 g/mol. The van der Waals surface area contributed by atoms with Crippen LogP contribution in [0, 0.1) is 6.85 Å². The van der Waals surface area contributed by atoms with Gasteiger partial charge in [-0.3, -0.25) is 0 Å². The van der Waals surface area contributed by atoms with Crippen LogP contribution in [-0.4, -0.2) is 48.9 Å². The summed E-state index contributed by atoms with van der Waals surface area (Å²) < 4.78 is 47.5. The van der Waals surface area contributed by atoms with Crippen molar-refractivity contribution < 1.29 is 8.22 Å². The van der Waals surface area contributed by atoms with Crippen LogP contribution in [0.4, 0.5) is 16.4 Å². The predicted octanol–water partition coefficient (Wildman–Crippen LogP) is 3.98. The number of benzene rings is 1. The van der Waals surface area contributed by atoms with E-state index in [-0.39, 0.29) is 11.1 Å². The lowest BCUT2D eigenvalue weighted by molar-refractivity contribution is 0.216. The SMILES string of the molecule is [2H]C([2H])=C([2H])N1c2ccccc2N=C(N2CCN(C)CC2)c2cc(C([2H])([2H])[2H])sc21. The molecule has 4 rings (SSSR count). The van der Waals surface area contributed by atoms with Crippen LogP contribution in [0.15, 0.2) is 48.0 Å². The molecule has 0 atom stereocenters. The van der Waals surface area contributed by atoms with Crippen LogP contribution in [0.3, 0.4) is 0 Å². The van der Waals surface area contributed by atoms with Crippen molar-refractivity contribution in [2.75, 3.05) is 38.1 Å². The van der Waals surface area contributed by atoms with Gasteiger partial charge in [-0.15, -0.1) is 11.3 Å². The zero-order valence-corrected chi connectivity index (χ0v) is 14.2. The Morgan fingerprint density at radius 3 is 2.96 bits per heavy atom. The maximum Gasteiger partial charge on any atom is 0.139 e. The van der Waals surface area contributed by atoms with E-state index >= 15 is 0 Å². The number of nitrogens with zero attached hydrogens (tertiary/aromatic N) is 4. The molecule has 2 aliphatic heterocycles. The van der Waals surface area contributed by atoms with Gasteiger partial charge in [0, 0.05) is 41.3 Å². The van der Waals surface area contributed by atoms with Gasteiger partial charge in [-0.25, -0.2) is 4.99 Å². The fraction of sp³-hybridized carbons (Fsp3) is 0.316. The van der Waals surface area contributed by atoms with E-state index in [0.717, 1.165) is 37.5 Å². The lowest BCUT2D eigenvalue weighted by Crippen LogP contribution is -2.47. The third kappa shape index (κ3) is 2.54. The first-order valence-electron chi connectivity index (χ1n) is 10.9. The largest absolute Gasteiger partial charge is 0.353 e.